The van der Waals surface area contributed by atoms with Crippen molar-refractivity contribution in [2.45, 2.75) is 44.7 Å². The smallest absolute Gasteiger partial charge is 0.210 e. The molecule has 1 saturated carbocycles. The molecule has 0 amide bonds. The highest BCUT2D eigenvalue weighted by Crippen LogP contribution is 2.53. The predicted molar refractivity (Wildman–Crippen MR) is 67.8 cm³/mol. The van der Waals surface area contributed by atoms with E-state index in [1.807, 2.05) is 0 Å². The summed E-state index contributed by atoms with van der Waals surface area (Å²) >= 11 is 0. The molecule has 0 saturated heterocycles. The minimum atomic E-state index is 0.0959. The van der Waals surface area contributed by atoms with Crippen molar-refractivity contribution in [2.75, 3.05) is 0 Å². The lowest BCUT2D eigenvalue weighted by Crippen LogP contribution is -2.34. The molecule has 3 heteroatoms. The summed E-state index contributed by atoms with van der Waals surface area (Å²) in [7, 11) is 0. The van der Waals surface area contributed by atoms with Crippen LogP contribution in [0.15, 0.2) is 29.3 Å². The molecule has 17 heavy (non-hydrogen) atoms. The van der Waals surface area contributed by atoms with E-state index in [9.17, 15) is 0 Å². The van der Waals surface area contributed by atoms with Gasteiger partial charge in [-0.25, -0.2) is 4.99 Å². The molecule has 1 N–H and O–H groups in total. The first-order chi connectivity index (χ1) is 8.26. The van der Waals surface area contributed by atoms with E-state index in [0.29, 0.717) is 0 Å². The topological polar surface area (TPSA) is 33.6 Å². The van der Waals surface area contributed by atoms with Gasteiger partial charge >= 0.3 is 0 Å². The Balaban J connectivity index is 1.93. The number of hydrogen-bond donors (Lipinski definition) is 1. The minimum Gasteiger partial charge on any atom is -0.391 e. The van der Waals surface area contributed by atoms with Gasteiger partial charge in [-0.3, -0.25) is 0 Å². The van der Waals surface area contributed by atoms with Crippen molar-refractivity contribution in [1.82, 2.24) is 5.48 Å². The molecular weight excluding hydrogens is 212 g/mol. The van der Waals surface area contributed by atoms with Crippen LogP contribution in [0, 0.1) is 6.92 Å². The molecule has 1 unspecified atom stereocenters. The van der Waals surface area contributed by atoms with Crippen LogP contribution >= 0.6 is 0 Å². The number of hydroxylamine groups is 1. The van der Waals surface area contributed by atoms with Crippen molar-refractivity contribution in [2.24, 2.45) is 4.99 Å². The average molecular weight is 230 g/mol. The Labute approximate surface area is 102 Å². The predicted octanol–water partition coefficient (Wildman–Crippen LogP) is 2.70. The highest BCUT2D eigenvalue weighted by molar-refractivity contribution is 5.77. The third kappa shape index (κ3) is 1.65. The average Bonchev–Trinajstić information content (AvgIpc) is 3.01. The second-order valence-electron chi connectivity index (χ2n) is 4.97. The highest BCUT2D eigenvalue weighted by Gasteiger charge is 2.53. The molecule has 1 aromatic rings. The lowest BCUT2D eigenvalue weighted by atomic mass is 9.89. The zero-order chi connectivity index (χ0) is 11.9. The highest BCUT2D eigenvalue weighted by atomic mass is 16.7. The summed E-state index contributed by atoms with van der Waals surface area (Å²) in [4.78, 5) is 10.0. The molecule has 1 aromatic carbocycles. The molecule has 90 valence electrons. The van der Waals surface area contributed by atoms with Crippen LogP contribution in [0.5, 0.6) is 0 Å². The Morgan fingerprint density at radius 1 is 1.41 bits per heavy atom. The number of hydrogen-bond acceptors (Lipinski definition) is 3. The molecule has 1 aliphatic carbocycles. The Morgan fingerprint density at radius 2 is 2.18 bits per heavy atom. The van der Waals surface area contributed by atoms with Crippen molar-refractivity contribution in [1.29, 1.82) is 0 Å². The van der Waals surface area contributed by atoms with Crippen molar-refractivity contribution < 1.29 is 4.84 Å². The van der Waals surface area contributed by atoms with Crippen molar-refractivity contribution in [3.8, 4) is 0 Å². The first-order valence-electron chi connectivity index (χ1n) is 6.31. The summed E-state index contributed by atoms with van der Waals surface area (Å²) in [5.41, 5.74) is 6.02. The van der Waals surface area contributed by atoms with Crippen LogP contribution in [0.4, 0.5) is 0 Å². The normalized spacial score (nSPS) is 25.3. The second kappa shape index (κ2) is 3.84. The molecule has 3 nitrogen and oxygen atoms in total. The fraction of sp³-hybridized carbons (Fsp3) is 0.500. The minimum absolute atomic E-state index is 0.0959. The van der Waals surface area contributed by atoms with Crippen LogP contribution in [0.2, 0.25) is 0 Å². The van der Waals surface area contributed by atoms with E-state index in [1.54, 1.807) is 0 Å². The second-order valence-corrected chi connectivity index (χ2v) is 4.97. The van der Waals surface area contributed by atoms with Gasteiger partial charge in [0.15, 0.2) is 0 Å². The summed E-state index contributed by atoms with van der Waals surface area (Å²) < 4.78 is 0. The van der Waals surface area contributed by atoms with E-state index in [2.05, 4.69) is 48.6 Å². The van der Waals surface area contributed by atoms with Gasteiger partial charge in [-0.15, -0.1) is 5.48 Å². The van der Waals surface area contributed by atoms with E-state index < -0.39 is 0 Å². The van der Waals surface area contributed by atoms with Crippen molar-refractivity contribution in [3.05, 3.63) is 35.4 Å². The number of aryl methyl sites for hydroxylation is 1. The van der Waals surface area contributed by atoms with Gasteiger partial charge in [0, 0.05) is 11.8 Å². The Kier molecular flexibility index (Phi) is 2.44. The molecule has 1 aliphatic heterocycles. The van der Waals surface area contributed by atoms with Crippen LogP contribution in [-0.4, -0.2) is 12.1 Å². The molecule has 3 rings (SSSR count). The van der Waals surface area contributed by atoms with Gasteiger partial charge in [-0.05, 0) is 30.9 Å². The summed E-state index contributed by atoms with van der Waals surface area (Å²) in [6.45, 7) is 4.24. The lowest BCUT2D eigenvalue weighted by molar-refractivity contribution is 0.158. The van der Waals surface area contributed by atoms with Crippen LogP contribution in [-0.2, 0) is 10.3 Å². The van der Waals surface area contributed by atoms with Crippen LogP contribution < -0.4 is 5.48 Å². The Bertz CT molecular complexity index is 463. The van der Waals surface area contributed by atoms with Crippen LogP contribution in [0.3, 0.4) is 0 Å². The number of nitrogens with one attached hydrogen (secondary N) is 1. The van der Waals surface area contributed by atoms with Gasteiger partial charge in [-0.1, -0.05) is 31.2 Å². The van der Waals surface area contributed by atoms with Crippen LogP contribution in [0.25, 0.3) is 0 Å². The van der Waals surface area contributed by atoms with E-state index >= 15 is 0 Å². The van der Waals surface area contributed by atoms with E-state index in [-0.39, 0.29) is 11.6 Å². The summed E-state index contributed by atoms with van der Waals surface area (Å²) in [6.07, 6.45) is 3.34. The molecule has 0 radical (unpaired) electrons. The fourth-order valence-corrected chi connectivity index (χ4v) is 2.68. The van der Waals surface area contributed by atoms with Gasteiger partial charge in [0.1, 0.15) is 6.17 Å². The van der Waals surface area contributed by atoms with Gasteiger partial charge in [0.2, 0.25) is 5.90 Å². The third-order valence-electron chi connectivity index (χ3n) is 3.86. The van der Waals surface area contributed by atoms with Gasteiger partial charge in [0.05, 0.1) is 0 Å². The van der Waals surface area contributed by atoms with Crippen molar-refractivity contribution in [3.63, 3.8) is 0 Å². The SMILES string of the molecule is CCC1=NC(C2(c3ccccc3C)CC2)NO1. The summed E-state index contributed by atoms with van der Waals surface area (Å²) in [5.74, 6) is 0.829. The molecule has 1 atom stereocenters. The third-order valence-corrected chi connectivity index (χ3v) is 3.86. The van der Waals surface area contributed by atoms with E-state index in [1.165, 1.54) is 24.0 Å². The maximum Gasteiger partial charge on any atom is 0.210 e. The monoisotopic (exact) mass is 230 g/mol. The quantitative estimate of drug-likeness (QED) is 0.866. The number of nitrogens with zero attached hydrogens (tertiary/aromatic N) is 1. The summed E-state index contributed by atoms with van der Waals surface area (Å²) in [5, 5.41) is 0. The number of rotatable bonds is 3. The zero-order valence-electron chi connectivity index (χ0n) is 10.4. The lowest BCUT2D eigenvalue weighted by Gasteiger charge is -2.21. The molecule has 2 aliphatic rings. The van der Waals surface area contributed by atoms with Crippen LogP contribution in [0.1, 0.15) is 37.3 Å². The molecule has 1 fully saturated rings. The Hall–Kier alpha value is -1.35. The maximum atomic E-state index is 5.40. The first kappa shape index (κ1) is 10.8. The molecule has 1 heterocycles. The van der Waals surface area contributed by atoms with E-state index in [4.69, 9.17) is 4.84 Å². The molecular formula is C14H18N2O. The summed E-state index contributed by atoms with van der Waals surface area (Å²) in [6, 6.07) is 8.61. The molecule has 0 bridgehead atoms. The van der Waals surface area contributed by atoms with Gasteiger partial charge in [0.25, 0.3) is 0 Å². The first-order valence-corrected chi connectivity index (χ1v) is 6.31. The number of benzene rings is 1. The Morgan fingerprint density at radius 3 is 2.76 bits per heavy atom. The zero-order valence-corrected chi connectivity index (χ0v) is 10.4. The van der Waals surface area contributed by atoms with E-state index in [0.717, 1.165) is 12.3 Å². The largest absolute Gasteiger partial charge is 0.391 e. The van der Waals surface area contributed by atoms with Gasteiger partial charge < -0.3 is 4.84 Å². The molecule has 0 aromatic heterocycles. The van der Waals surface area contributed by atoms with Gasteiger partial charge in [-0.2, -0.15) is 0 Å². The number of aliphatic imine (C=N–C) groups is 1. The maximum absolute atomic E-state index is 5.40. The standard InChI is InChI=1S/C14H18N2O/c1-3-12-15-13(16-17-12)14(8-9-14)11-7-5-4-6-10(11)2/h4-7,13,16H,3,8-9H2,1-2H3. The van der Waals surface area contributed by atoms with Crippen molar-refractivity contribution >= 4 is 5.90 Å². The molecule has 0 spiro atoms. The fourth-order valence-electron chi connectivity index (χ4n) is 2.68.